The predicted octanol–water partition coefficient (Wildman–Crippen LogP) is 4.35. The minimum Gasteiger partial charge on any atom is -0.283 e. The molecular weight excluding hydrogens is 569 g/mol. The number of carbonyl (C=O) groups excluding carboxylic acids is 1. The zero-order valence-electron chi connectivity index (χ0n) is 22.4. The molecule has 4 aromatic rings. The first-order valence-corrected chi connectivity index (χ1v) is 17.0. The highest BCUT2D eigenvalue weighted by atomic mass is 32.2. The molecule has 0 N–H and O–H groups in total. The van der Waals surface area contributed by atoms with E-state index < -0.39 is 19.9 Å². The van der Waals surface area contributed by atoms with E-state index in [1.165, 1.54) is 39.9 Å². The van der Waals surface area contributed by atoms with Gasteiger partial charge in [-0.3, -0.25) is 14.7 Å². The molecule has 0 unspecified atom stereocenters. The van der Waals surface area contributed by atoms with Gasteiger partial charge in [0.2, 0.25) is 15.9 Å². The molecule has 0 spiro atoms. The second kappa shape index (κ2) is 11.0. The van der Waals surface area contributed by atoms with Crippen LogP contribution in [0.3, 0.4) is 0 Å². The van der Waals surface area contributed by atoms with Crippen molar-refractivity contribution >= 4 is 52.5 Å². The molecule has 0 atom stereocenters. The summed E-state index contributed by atoms with van der Waals surface area (Å²) < 4.78 is 52.3. The molecule has 0 aliphatic carbocycles. The number of pyridine rings is 1. The fraction of sp³-hybridized carbons (Fsp3) is 0.321. The lowest BCUT2D eigenvalue weighted by Crippen LogP contribution is -2.44. The van der Waals surface area contributed by atoms with Crippen molar-refractivity contribution in [2.24, 2.45) is 5.92 Å². The maximum atomic E-state index is 13.9. The Morgan fingerprint density at radius 1 is 1.00 bits per heavy atom. The Morgan fingerprint density at radius 2 is 1.65 bits per heavy atom. The lowest BCUT2D eigenvalue weighted by molar-refractivity contribution is -0.123. The molecule has 0 radical (unpaired) electrons. The van der Waals surface area contributed by atoms with Crippen LogP contribution in [0, 0.1) is 19.8 Å². The zero-order valence-corrected chi connectivity index (χ0v) is 24.9. The summed E-state index contributed by atoms with van der Waals surface area (Å²) in [5, 5.41) is 0.606. The first kappa shape index (κ1) is 28.3. The van der Waals surface area contributed by atoms with Crippen molar-refractivity contribution in [3.63, 3.8) is 0 Å². The minimum absolute atomic E-state index is 0.0305. The number of hydrogen-bond acceptors (Lipinski definition) is 8. The van der Waals surface area contributed by atoms with Gasteiger partial charge in [0.05, 0.1) is 26.6 Å². The van der Waals surface area contributed by atoms with E-state index in [9.17, 15) is 21.6 Å². The van der Waals surface area contributed by atoms with Crippen LogP contribution >= 0.6 is 11.3 Å². The topological polar surface area (TPSA) is 118 Å². The number of piperidine rings is 1. The highest BCUT2D eigenvalue weighted by molar-refractivity contribution is 7.90. The third-order valence-corrected chi connectivity index (χ3v) is 11.3. The third kappa shape index (κ3) is 5.80. The molecular formula is C28H30N4O5S3. The Bertz CT molecular complexity index is 1720. The zero-order chi connectivity index (χ0) is 28.7. The van der Waals surface area contributed by atoms with Crippen LogP contribution in [0.5, 0.6) is 0 Å². The monoisotopic (exact) mass is 598 g/mol. The number of thiazole rings is 1. The number of fused-ring (bicyclic) bond motifs is 1. The third-order valence-electron chi connectivity index (χ3n) is 7.25. The number of carbonyl (C=O) groups is 1. The van der Waals surface area contributed by atoms with Crippen LogP contribution < -0.4 is 4.90 Å². The number of aryl methyl sites for hydroxylation is 2. The summed E-state index contributed by atoms with van der Waals surface area (Å²) in [6.07, 6.45) is 5.22. The van der Waals surface area contributed by atoms with E-state index >= 15 is 0 Å². The van der Waals surface area contributed by atoms with Crippen molar-refractivity contribution < 1.29 is 21.6 Å². The van der Waals surface area contributed by atoms with Crippen LogP contribution in [0.1, 0.15) is 29.5 Å². The summed E-state index contributed by atoms with van der Waals surface area (Å²) in [4.78, 5) is 24.7. The van der Waals surface area contributed by atoms with Crippen molar-refractivity contribution in [1.82, 2.24) is 14.3 Å². The van der Waals surface area contributed by atoms with E-state index in [0.717, 1.165) is 33.2 Å². The summed E-state index contributed by atoms with van der Waals surface area (Å²) in [6.45, 7) is 4.77. The molecule has 2 aromatic carbocycles. The highest BCUT2D eigenvalue weighted by Gasteiger charge is 2.35. The number of amides is 1. The summed E-state index contributed by atoms with van der Waals surface area (Å²) in [6, 6.07) is 13.1. The number of aromatic nitrogens is 2. The largest absolute Gasteiger partial charge is 0.283 e. The molecule has 1 saturated heterocycles. The molecule has 3 heterocycles. The second-order valence-corrected chi connectivity index (χ2v) is 15.1. The summed E-state index contributed by atoms with van der Waals surface area (Å²) in [5.74, 6) is -0.461. The minimum atomic E-state index is -3.82. The first-order chi connectivity index (χ1) is 18.9. The lowest BCUT2D eigenvalue weighted by atomic mass is 9.96. The molecule has 2 aromatic heterocycles. The van der Waals surface area contributed by atoms with Crippen molar-refractivity contribution in [2.45, 2.75) is 43.0 Å². The summed E-state index contributed by atoms with van der Waals surface area (Å²) in [5.41, 5.74) is 4.01. The van der Waals surface area contributed by atoms with Gasteiger partial charge in [0, 0.05) is 37.7 Å². The van der Waals surface area contributed by atoms with Crippen LogP contribution in [-0.4, -0.2) is 56.4 Å². The van der Waals surface area contributed by atoms with E-state index in [1.54, 1.807) is 17.3 Å². The van der Waals surface area contributed by atoms with Gasteiger partial charge in [-0.1, -0.05) is 17.4 Å². The van der Waals surface area contributed by atoms with Crippen LogP contribution in [-0.2, 0) is 31.2 Å². The van der Waals surface area contributed by atoms with Crippen molar-refractivity contribution in [1.29, 1.82) is 0 Å². The molecule has 1 aliphatic rings. The Labute approximate surface area is 238 Å². The maximum Gasteiger partial charge on any atom is 0.243 e. The number of sulfone groups is 1. The molecule has 1 fully saturated rings. The number of anilines is 1. The quantitative estimate of drug-likeness (QED) is 0.311. The van der Waals surface area contributed by atoms with Gasteiger partial charge in [0.1, 0.15) is 0 Å². The molecule has 1 aliphatic heterocycles. The van der Waals surface area contributed by atoms with Gasteiger partial charge in [-0.15, -0.1) is 0 Å². The highest BCUT2D eigenvalue weighted by Crippen LogP contribution is 2.34. The van der Waals surface area contributed by atoms with E-state index in [4.69, 9.17) is 4.98 Å². The SMILES string of the molecule is Cc1cc2nc(N(Cc3cccnc3)C(=O)C3CCN(S(=O)(=O)c4ccc(S(C)(=O)=O)cc4)CC3)sc2cc1C. The number of nitrogens with zero attached hydrogens (tertiary/aromatic N) is 4. The number of hydrogen-bond donors (Lipinski definition) is 0. The van der Waals surface area contributed by atoms with E-state index in [-0.39, 0.29) is 34.7 Å². The second-order valence-electron chi connectivity index (χ2n) is 10.1. The molecule has 40 heavy (non-hydrogen) atoms. The van der Waals surface area contributed by atoms with Crippen LogP contribution in [0.25, 0.3) is 10.2 Å². The molecule has 9 nitrogen and oxygen atoms in total. The van der Waals surface area contributed by atoms with Gasteiger partial charge < -0.3 is 0 Å². The fourth-order valence-electron chi connectivity index (χ4n) is 4.77. The standard InChI is InChI=1S/C28H30N4O5S3/c1-19-15-25-26(16-20(19)2)38-28(30-25)32(18-21-5-4-12-29-17-21)27(33)22-10-13-31(14-11-22)40(36,37)24-8-6-23(7-9-24)39(3,34)35/h4-9,12,15-17,22H,10-11,13-14,18H2,1-3H3. The van der Waals surface area contributed by atoms with Gasteiger partial charge in [-0.2, -0.15) is 4.31 Å². The maximum absolute atomic E-state index is 13.9. The summed E-state index contributed by atoms with van der Waals surface area (Å²) in [7, 11) is -7.26. The van der Waals surface area contributed by atoms with Crippen molar-refractivity contribution in [2.75, 3.05) is 24.2 Å². The van der Waals surface area contributed by atoms with Gasteiger partial charge in [0.25, 0.3) is 0 Å². The van der Waals surface area contributed by atoms with E-state index in [2.05, 4.69) is 18.0 Å². The van der Waals surface area contributed by atoms with Gasteiger partial charge in [-0.25, -0.2) is 21.8 Å². The van der Waals surface area contributed by atoms with Crippen molar-refractivity contribution in [3.05, 3.63) is 77.6 Å². The number of sulfonamides is 1. The normalized spacial score (nSPS) is 15.4. The van der Waals surface area contributed by atoms with Crippen molar-refractivity contribution in [3.8, 4) is 0 Å². The average Bonchev–Trinajstić information content (AvgIpc) is 3.34. The van der Waals surface area contributed by atoms with Gasteiger partial charge in [-0.05, 0) is 85.8 Å². The van der Waals surface area contributed by atoms with E-state index in [1.807, 2.05) is 25.1 Å². The number of rotatable bonds is 7. The Morgan fingerprint density at radius 3 is 2.27 bits per heavy atom. The van der Waals surface area contributed by atoms with Crippen LogP contribution in [0.2, 0.25) is 0 Å². The Balaban J connectivity index is 1.36. The van der Waals surface area contributed by atoms with Crippen LogP contribution in [0.15, 0.2) is 70.7 Å². The average molecular weight is 599 g/mol. The molecule has 0 bridgehead atoms. The Kier molecular flexibility index (Phi) is 7.79. The molecule has 1 amide bonds. The lowest BCUT2D eigenvalue weighted by Gasteiger charge is -2.33. The molecule has 12 heteroatoms. The fourth-order valence-corrected chi connectivity index (χ4v) is 7.92. The number of benzene rings is 2. The first-order valence-electron chi connectivity index (χ1n) is 12.8. The van der Waals surface area contributed by atoms with E-state index in [0.29, 0.717) is 24.5 Å². The molecule has 5 rings (SSSR count). The summed E-state index contributed by atoms with van der Waals surface area (Å²) >= 11 is 1.47. The Hall–Kier alpha value is -3.19. The van der Waals surface area contributed by atoms with Crippen LogP contribution in [0.4, 0.5) is 5.13 Å². The molecule has 210 valence electrons. The van der Waals surface area contributed by atoms with Gasteiger partial charge in [0.15, 0.2) is 15.0 Å². The molecule has 0 saturated carbocycles. The smallest absolute Gasteiger partial charge is 0.243 e. The predicted molar refractivity (Wildman–Crippen MR) is 156 cm³/mol. The van der Waals surface area contributed by atoms with Gasteiger partial charge >= 0.3 is 0 Å².